The second kappa shape index (κ2) is 7.15. The Labute approximate surface area is 156 Å². The van der Waals surface area contributed by atoms with Gasteiger partial charge in [0.1, 0.15) is 11.1 Å². The number of aryl methyl sites for hydroxylation is 1. The van der Waals surface area contributed by atoms with Gasteiger partial charge in [0.25, 0.3) is 0 Å². The van der Waals surface area contributed by atoms with Crippen LogP contribution in [0, 0.1) is 11.3 Å². The summed E-state index contributed by atoms with van der Waals surface area (Å²) in [6.45, 7) is 0. The van der Waals surface area contributed by atoms with Crippen molar-refractivity contribution in [2.45, 2.75) is 25.2 Å². The van der Waals surface area contributed by atoms with Crippen LogP contribution in [0.15, 0.2) is 60.7 Å². The van der Waals surface area contributed by atoms with Crippen LogP contribution < -0.4 is 5.32 Å². The van der Waals surface area contributed by atoms with Crippen LogP contribution >= 0.6 is 11.3 Å². The third-order valence-corrected chi connectivity index (χ3v) is 6.01. The molecule has 1 heterocycles. The highest BCUT2D eigenvalue weighted by atomic mass is 32.1. The van der Waals surface area contributed by atoms with Gasteiger partial charge in [0.05, 0.1) is 11.5 Å². The summed E-state index contributed by atoms with van der Waals surface area (Å²) in [5, 5.41) is 13.3. The van der Waals surface area contributed by atoms with E-state index < -0.39 is 5.92 Å². The fraction of sp³-hybridized carbons (Fsp3) is 0.182. The highest BCUT2D eigenvalue weighted by molar-refractivity contribution is 7.16. The number of anilines is 1. The lowest BCUT2D eigenvalue weighted by atomic mass is 9.90. The highest BCUT2D eigenvalue weighted by Crippen LogP contribution is 2.39. The first kappa shape index (κ1) is 16.6. The molecule has 1 amide bonds. The molecule has 26 heavy (non-hydrogen) atoms. The van der Waals surface area contributed by atoms with E-state index in [2.05, 4.69) is 11.4 Å². The SMILES string of the molecule is N#Cc1c(NC(=O)C(c2ccccc2)c2ccccc2)sc2c1CCC2. The number of benzene rings is 2. The van der Waals surface area contributed by atoms with Gasteiger partial charge in [0.2, 0.25) is 5.91 Å². The van der Waals surface area contributed by atoms with Crippen LogP contribution in [-0.2, 0) is 17.6 Å². The first-order chi connectivity index (χ1) is 12.8. The summed E-state index contributed by atoms with van der Waals surface area (Å²) in [6, 6.07) is 21.8. The fourth-order valence-electron chi connectivity index (χ4n) is 3.58. The second-order valence-corrected chi connectivity index (χ2v) is 7.52. The van der Waals surface area contributed by atoms with E-state index >= 15 is 0 Å². The predicted octanol–water partition coefficient (Wildman–Crippen LogP) is 4.88. The van der Waals surface area contributed by atoms with Gasteiger partial charge in [0.15, 0.2) is 0 Å². The largest absolute Gasteiger partial charge is 0.316 e. The van der Waals surface area contributed by atoms with E-state index in [-0.39, 0.29) is 5.91 Å². The molecule has 4 heteroatoms. The molecule has 0 aliphatic heterocycles. The van der Waals surface area contributed by atoms with Crippen LogP contribution in [0.1, 0.15) is 39.5 Å². The number of thiophene rings is 1. The smallest absolute Gasteiger partial charge is 0.237 e. The Bertz CT molecular complexity index is 931. The van der Waals surface area contributed by atoms with E-state index in [0.717, 1.165) is 36.0 Å². The molecule has 1 aromatic heterocycles. The number of hydrogen-bond donors (Lipinski definition) is 1. The van der Waals surface area contributed by atoms with Crippen molar-refractivity contribution < 1.29 is 4.79 Å². The third kappa shape index (κ3) is 3.02. The molecule has 0 radical (unpaired) electrons. The van der Waals surface area contributed by atoms with Crippen molar-refractivity contribution in [2.24, 2.45) is 0 Å². The normalized spacial score (nSPS) is 12.6. The van der Waals surface area contributed by atoms with Gasteiger partial charge in [-0.2, -0.15) is 5.26 Å². The van der Waals surface area contributed by atoms with Crippen LogP contribution in [0.25, 0.3) is 0 Å². The van der Waals surface area contributed by atoms with Crippen LogP contribution in [0.3, 0.4) is 0 Å². The number of fused-ring (bicyclic) bond motifs is 1. The number of nitrogens with one attached hydrogen (secondary N) is 1. The van der Waals surface area contributed by atoms with Gasteiger partial charge in [-0.3, -0.25) is 4.79 Å². The number of carbonyl (C=O) groups excluding carboxylic acids is 1. The van der Waals surface area contributed by atoms with Crippen molar-refractivity contribution in [3.8, 4) is 6.07 Å². The van der Waals surface area contributed by atoms with Crippen molar-refractivity contribution in [2.75, 3.05) is 5.32 Å². The molecule has 0 saturated carbocycles. The van der Waals surface area contributed by atoms with Gasteiger partial charge in [-0.15, -0.1) is 11.3 Å². The molecule has 0 fully saturated rings. The minimum Gasteiger partial charge on any atom is -0.316 e. The zero-order chi connectivity index (χ0) is 17.9. The minimum absolute atomic E-state index is 0.0983. The fourth-order valence-corrected chi connectivity index (χ4v) is 4.82. The molecule has 4 rings (SSSR count). The van der Waals surface area contributed by atoms with E-state index in [1.54, 1.807) is 11.3 Å². The number of amides is 1. The van der Waals surface area contributed by atoms with Gasteiger partial charge in [-0.05, 0) is 36.0 Å². The van der Waals surface area contributed by atoms with E-state index in [1.807, 2.05) is 60.7 Å². The van der Waals surface area contributed by atoms with Crippen LogP contribution in [-0.4, -0.2) is 5.91 Å². The Morgan fingerprint density at radius 2 is 1.62 bits per heavy atom. The molecule has 3 aromatic rings. The van der Waals surface area contributed by atoms with Gasteiger partial charge in [0, 0.05) is 4.88 Å². The lowest BCUT2D eigenvalue weighted by molar-refractivity contribution is -0.116. The standard InChI is InChI=1S/C22H18N2OS/c23-14-18-17-12-7-13-19(17)26-22(18)24-21(25)20(15-8-3-1-4-9-15)16-10-5-2-6-11-16/h1-6,8-11,20H,7,12-13H2,(H,24,25). The summed E-state index contributed by atoms with van der Waals surface area (Å²) in [5.74, 6) is -0.500. The summed E-state index contributed by atoms with van der Waals surface area (Å²) in [7, 11) is 0. The molecule has 0 saturated heterocycles. The third-order valence-electron chi connectivity index (χ3n) is 4.80. The van der Waals surface area contributed by atoms with Gasteiger partial charge in [-0.1, -0.05) is 60.7 Å². The van der Waals surface area contributed by atoms with Crippen molar-refractivity contribution >= 4 is 22.2 Å². The Balaban J connectivity index is 1.69. The maximum atomic E-state index is 13.2. The zero-order valence-corrected chi connectivity index (χ0v) is 15.1. The van der Waals surface area contributed by atoms with Gasteiger partial charge >= 0.3 is 0 Å². The number of hydrogen-bond acceptors (Lipinski definition) is 3. The number of nitriles is 1. The molecule has 0 bridgehead atoms. The molecular formula is C22H18N2OS. The molecule has 3 nitrogen and oxygen atoms in total. The summed E-state index contributed by atoms with van der Waals surface area (Å²) >= 11 is 1.55. The van der Waals surface area contributed by atoms with Crippen molar-refractivity contribution in [1.29, 1.82) is 5.26 Å². The van der Waals surface area contributed by atoms with Crippen LogP contribution in [0.5, 0.6) is 0 Å². The summed E-state index contributed by atoms with van der Waals surface area (Å²) in [5.41, 5.74) is 3.66. The molecule has 1 aliphatic rings. The quantitative estimate of drug-likeness (QED) is 0.723. The lowest BCUT2D eigenvalue weighted by Gasteiger charge is -2.17. The second-order valence-electron chi connectivity index (χ2n) is 6.42. The van der Waals surface area contributed by atoms with Crippen LogP contribution in [0.4, 0.5) is 5.00 Å². The molecule has 128 valence electrons. The maximum absolute atomic E-state index is 13.2. The topological polar surface area (TPSA) is 52.9 Å². The van der Waals surface area contributed by atoms with Gasteiger partial charge in [-0.25, -0.2) is 0 Å². The molecule has 2 aromatic carbocycles. The molecule has 1 aliphatic carbocycles. The maximum Gasteiger partial charge on any atom is 0.237 e. The molecule has 1 N–H and O–H groups in total. The summed E-state index contributed by atoms with van der Waals surface area (Å²) in [4.78, 5) is 14.4. The average molecular weight is 358 g/mol. The average Bonchev–Trinajstić information content (AvgIpc) is 3.24. The van der Waals surface area contributed by atoms with E-state index in [0.29, 0.717) is 10.6 Å². The zero-order valence-electron chi connectivity index (χ0n) is 14.2. The summed E-state index contributed by atoms with van der Waals surface area (Å²) in [6.07, 6.45) is 3.04. The molecular weight excluding hydrogens is 340 g/mol. The first-order valence-electron chi connectivity index (χ1n) is 8.73. The van der Waals surface area contributed by atoms with Crippen molar-refractivity contribution in [3.05, 3.63) is 87.8 Å². The Morgan fingerprint density at radius 3 is 2.19 bits per heavy atom. The van der Waals surface area contributed by atoms with Crippen molar-refractivity contribution in [1.82, 2.24) is 0 Å². The van der Waals surface area contributed by atoms with E-state index in [4.69, 9.17) is 0 Å². The van der Waals surface area contributed by atoms with Crippen molar-refractivity contribution in [3.63, 3.8) is 0 Å². The Hall–Kier alpha value is -2.90. The Morgan fingerprint density at radius 1 is 1.00 bits per heavy atom. The number of carbonyl (C=O) groups is 1. The highest BCUT2D eigenvalue weighted by Gasteiger charge is 2.27. The van der Waals surface area contributed by atoms with Gasteiger partial charge < -0.3 is 5.32 Å². The first-order valence-corrected chi connectivity index (χ1v) is 9.55. The predicted molar refractivity (Wildman–Crippen MR) is 104 cm³/mol. The molecule has 0 atom stereocenters. The van der Waals surface area contributed by atoms with E-state index in [1.165, 1.54) is 4.88 Å². The number of nitrogens with zero attached hydrogens (tertiary/aromatic N) is 1. The van der Waals surface area contributed by atoms with E-state index in [9.17, 15) is 10.1 Å². The lowest BCUT2D eigenvalue weighted by Crippen LogP contribution is -2.22. The Kier molecular flexibility index (Phi) is 4.55. The molecule has 0 spiro atoms. The number of rotatable bonds is 4. The summed E-state index contributed by atoms with van der Waals surface area (Å²) < 4.78 is 0. The molecule has 0 unspecified atom stereocenters. The monoisotopic (exact) mass is 358 g/mol. The minimum atomic E-state index is -0.402. The van der Waals surface area contributed by atoms with Crippen LogP contribution in [0.2, 0.25) is 0 Å².